The number of halogens is 2. The van der Waals surface area contributed by atoms with Crippen LogP contribution in [-0.2, 0) is 9.59 Å². The molecule has 1 aliphatic rings. The minimum atomic E-state index is -0.601. The van der Waals surface area contributed by atoms with Gasteiger partial charge in [0.25, 0.3) is 11.8 Å². The maximum absolute atomic E-state index is 13.0. The lowest BCUT2D eigenvalue weighted by atomic mass is 10.1. The lowest BCUT2D eigenvalue weighted by Crippen LogP contribution is -2.32. The van der Waals surface area contributed by atoms with Crippen molar-refractivity contribution in [3.8, 4) is 5.75 Å². The monoisotopic (exact) mass is 480 g/mol. The van der Waals surface area contributed by atoms with E-state index >= 15 is 0 Å². The molecule has 0 atom stereocenters. The highest BCUT2D eigenvalue weighted by atomic mass is 35.5. The van der Waals surface area contributed by atoms with Gasteiger partial charge in [-0.15, -0.1) is 0 Å². The number of esters is 1. The maximum atomic E-state index is 13.0. The first kappa shape index (κ1) is 22.6. The Kier molecular flexibility index (Phi) is 6.22. The first-order valence-corrected chi connectivity index (χ1v) is 10.7. The number of carbonyl (C=O) groups excluding carboxylic acids is 3. The lowest BCUT2D eigenvalue weighted by Gasteiger charge is -2.18. The molecule has 0 aliphatic carbocycles. The molecule has 0 bridgehead atoms. The fraction of sp³-hybridized carbons (Fsp3) is 0.0800. The van der Waals surface area contributed by atoms with Crippen molar-refractivity contribution in [2.24, 2.45) is 0 Å². The molecule has 0 radical (unpaired) electrons. The van der Waals surface area contributed by atoms with E-state index < -0.39 is 17.8 Å². The van der Waals surface area contributed by atoms with E-state index in [0.29, 0.717) is 16.4 Å². The van der Waals surface area contributed by atoms with Crippen LogP contribution in [0.15, 0.2) is 77.5 Å². The molecule has 3 aromatic carbocycles. The summed E-state index contributed by atoms with van der Waals surface area (Å²) in [6.45, 7) is 3.75. The van der Waals surface area contributed by atoms with Crippen molar-refractivity contribution >= 4 is 52.4 Å². The van der Waals surface area contributed by atoms with Gasteiger partial charge in [0.15, 0.2) is 0 Å². The van der Waals surface area contributed by atoms with Crippen molar-refractivity contribution in [1.82, 2.24) is 0 Å². The lowest BCUT2D eigenvalue weighted by molar-refractivity contribution is -0.120. The van der Waals surface area contributed by atoms with Gasteiger partial charge in [-0.2, -0.15) is 0 Å². The second-order valence-electron chi connectivity index (χ2n) is 7.45. The van der Waals surface area contributed by atoms with Gasteiger partial charge in [-0.1, -0.05) is 53.0 Å². The molecule has 4 rings (SSSR count). The van der Waals surface area contributed by atoms with Gasteiger partial charge in [-0.3, -0.25) is 9.59 Å². The summed E-state index contributed by atoms with van der Waals surface area (Å²) in [6, 6.07) is 18.3. The Labute approximate surface area is 200 Å². The molecule has 3 aromatic rings. The SMILES string of the molecule is Cc1ccc(N2C(=O)C(Cl)=C(Nc3ccc(C(=O)Oc4ccccc4Cl)cc3)C2=O)c(C)c1. The zero-order valence-electron chi connectivity index (χ0n) is 17.7. The topological polar surface area (TPSA) is 75.7 Å². The maximum Gasteiger partial charge on any atom is 0.343 e. The van der Waals surface area contributed by atoms with Gasteiger partial charge < -0.3 is 10.1 Å². The molecule has 1 N–H and O–H groups in total. The number of imide groups is 1. The Hall–Kier alpha value is -3.61. The summed E-state index contributed by atoms with van der Waals surface area (Å²) in [5.41, 5.74) is 2.99. The average Bonchev–Trinajstić information content (AvgIpc) is 2.99. The number of rotatable bonds is 5. The number of benzene rings is 3. The van der Waals surface area contributed by atoms with E-state index in [9.17, 15) is 14.4 Å². The van der Waals surface area contributed by atoms with Crippen LogP contribution in [0.5, 0.6) is 5.75 Å². The Morgan fingerprint density at radius 1 is 0.909 bits per heavy atom. The third kappa shape index (κ3) is 4.49. The highest BCUT2D eigenvalue weighted by molar-refractivity contribution is 6.53. The van der Waals surface area contributed by atoms with Gasteiger partial charge in [0.05, 0.1) is 16.3 Å². The molecule has 8 heteroatoms. The van der Waals surface area contributed by atoms with E-state index in [1.54, 1.807) is 42.5 Å². The van der Waals surface area contributed by atoms with E-state index in [2.05, 4.69) is 5.32 Å². The smallest absolute Gasteiger partial charge is 0.343 e. The van der Waals surface area contributed by atoms with Crippen LogP contribution in [0.1, 0.15) is 21.5 Å². The van der Waals surface area contributed by atoms with Crippen molar-refractivity contribution in [2.75, 3.05) is 10.2 Å². The first-order valence-electron chi connectivity index (χ1n) is 9.96. The normalized spacial score (nSPS) is 13.5. The molecule has 1 heterocycles. The average molecular weight is 481 g/mol. The molecule has 0 saturated carbocycles. The van der Waals surface area contributed by atoms with Crippen LogP contribution in [-0.4, -0.2) is 17.8 Å². The fourth-order valence-corrected chi connectivity index (χ4v) is 3.79. The molecule has 33 heavy (non-hydrogen) atoms. The molecule has 0 aromatic heterocycles. The number of nitrogens with zero attached hydrogens (tertiary/aromatic N) is 1. The van der Waals surface area contributed by atoms with Crippen molar-refractivity contribution in [2.45, 2.75) is 13.8 Å². The molecular weight excluding hydrogens is 463 g/mol. The molecule has 0 fully saturated rings. The van der Waals surface area contributed by atoms with Crippen LogP contribution in [0.2, 0.25) is 5.02 Å². The van der Waals surface area contributed by atoms with Gasteiger partial charge in [-0.05, 0) is 61.9 Å². The van der Waals surface area contributed by atoms with Gasteiger partial charge in [0.2, 0.25) is 0 Å². The number of hydrogen-bond donors (Lipinski definition) is 1. The van der Waals surface area contributed by atoms with Crippen molar-refractivity contribution < 1.29 is 19.1 Å². The second-order valence-corrected chi connectivity index (χ2v) is 8.23. The van der Waals surface area contributed by atoms with Gasteiger partial charge in [0, 0.05) is 5.69 Å². The van der Waals surface area contributed by atoms with E-state index in [0.717, 1.165) is 16.0 Å². The van der Waals surface area contributed by atoms with E-state index in [-0.39, 0.29) is 22.0 Å². The van der Waals surface area contributed by atoms with Crippen molar-refractivity contribution in [1.29, 1.82) is 0 Å². The van der Waals surface area contributed by atoms with Crippen molar-refractivity contribution in [3.05, 3.63) is 99.2 Å². The third-order valence-corrected chi connectivity index (χ3v) is 5.71. The molecule has 6 nitrogen and oxygen atoms in total. The van der Waals surface area contributed by atoms with Crippen molar-refractivity contribution in [3.63, 3.8) is 0 Å². The molecule has 0 saturated heterocycles. The zero-order valence-corrected chi connectivity index (χ0v) is 19.2. The summed E-state index contributed by atoms with van der Waals surface area (Å²) < 4.78 is 5.31. The number of carbonyl (C=O) groups is 3. The summed E-state index contributed by atoms with van der Waals surface area (Å²) in [5, 5.41) is 3.01. The first-order chi connectivity index (χ1) is 15.8. The number of hydrogen-bond acceptors (Lipinski definition) is 5. The zero-order chi connectivity index (χ0) is 23.7. The van der Waals surface area contributed by atoms with Gasteiger partial charge in [-0.25, -0.2) is 9.69 Å². The minimum Gasteiger partial charge on any atom is -0.421 e. The number of para-hydroxylation sites is 1. The molecular formula is C25H18Cl2N2O4. The molecule has 0 unspecified atom stereocenters. The van der Waals surface area contributed by atoms with Crippen LogP contribution in [0.25, 0.3) is 0 Å². The molecule has 166 valence electrons. The van der Waals surface area contributed by atoms with Crippen LogP contribution < -0.4 is 15.0 Å². The summed E-state index contributed by atoms with van der Waals surface area (Å²) in [6.07, 6.45) is 0. The van der Waals surface area contributed by atoms with Crippen LogP contribution >= 0.6 is 23.2 Å². The largest absolute Gasteiger partial charge is 0.421 e. The highest BCUT2D eigenvalue weighted by Gasteiger charge is 2.39. The molecule has 0 spiro atoms. The summed E-state index contributed by atoms with van der Waals surface area (Å²) >= 11 is 12.2. The Balaban J connectivity index is 1.50. The summed E-state index contributed by atoms with van der Waals surface area (Å²) in [7, 11) is 0. The molecule has 2 amide bonds. The number of anilines is 2. The number of nitrogens with one attached hydrogen (secondary N) is 1. The van der Waals surface area contributed by atoms with Crippen LogP contribution in [0.4, 0.5) is 11.4 Å². The standard InChI is InChI=1S/C25H18Cl2N2O4/c1-14-7-12-19(15(2)13-14)29-23(30)21(27)22(24(29)31)28-17-10-8-16(9-11-17)25(32)33-20-6-4-3-5-18(20)26/h3-13,28H,1-2H3. The number of ether oxygens (including phenoxy) is 1. The van der Waals surface area contributed by atoms with Crippen LogP contribution in [0.3, 0.4) is 0 Å². The second kappa shape index (κ2) is 9.10. The summed E-state index contributed by atoms with van der Waals surface area (Å²) in [4.78, 5) is 39.1. The Bertz CT molecular complexity index is 1320. The van der Waals surface area contributed by atoms with Gasteiger partial charge >= 0.3 is 5.97 Å². The highest BCUT2D eigenvalue weighted by Crippen LogP contribution is 2.32. The molecule has 1 aliphatic heterocycles. The van der Waals surface area contributed by atoms with E-state index in [4.69, 9.17) is 27.9 Å². The fourth-order valence-electron chi connectivity index (χ4n) is 3.41. The van der Waals surface area contributed by atoms with Crippen LogP contribution in [0, 0.1) is 13.8 Å². The predicted octanol–water partition coefficient (Wildman–Crippen LogP) is 5.61. The Morgan fingerprint density at radius 3 is 2.27 bits per heavy atom. The Morgan fingerprint density at radius 2 is 1.61 bits per heavy atom. The summed E-state index contributed by atoms with van der Waals surface area (Å²) in [5.74, 6) is -1.49. The van der Waals surface area contributed by atoms with Gasteiger partial charge in [0.1, 0.15) is 16.5 Å². The predicted molar refractivity (Wildman–Crippen MR) is 128 cm³/mol. The van der Waals surface area contributed by atoms with E-state index in [1.165, 1.54) is 12.1 Å². The number of amides is 2. The number of aryl methyl sites for hydroxylation is 2. The quantitative estimate of drug-likeness (QED) is 0.291. The minimum absolute atomic E-state index is 0.0342. The van der Waals surface area contributed by atoms with E-state index in [1.807, 2.05) is 26.0 Å². The third-order valence-electron chi connectivity index (χ3n) is 5.05.